The van der Waals surface area contributed by atoms with E-state index < -0.39 is 6.17 Å². The molecule has 0 spiro atoms. The van der Waals surface area contributed by atoms with Gasteiger partial charge in [0.15, 0.2) is 0 Å². The molecule has 2 unspecified atom stereocenters. The Kier molecular flexibility index (Phi) is 6.20. The molecule has 3 heterocycles. The Morgan fingerprint density at radius 3 is 2.65 bits per heavy atom. The number of hydrogen-bond donors (Lipinski definition) is 3. The number of anilines is 3. The van der Waals surface area contributed by atoms with Crippen LogP contribution >= 0.6 is 0 Å². The summed E-state index contributed by atoms with van der Waals surface area (Å²) in [6, 6.07) is 5.79. The number of halogens is 1. The van der Waals surface area contributed by atoms with Crippen molar-refractivity contribution in [2.75, 3.05) is 43.4 Å². The van der Waals surface area contributed by atoms with Gasteiger partial charge in [0.2, 0.25) is 0 Å². The number of aliphatic hydroxyl groups excluding tert-OH is 1. The van der Waals surface area contributed by atoms with Gasteiger partial charge < -0.3 is 25.6 Å². The Labute approximate surface area is 182 Å². The molecule has 2 saturated heterocycles. The topological polar surface area (TPSA) is 88.4 Å². The Morgan fingerprint density at radius 2 is 1.97 bits per heavy atom. The molecule has 0 saturated carbocycles. The number of nitrogens with one attached hydrogen (secondary N) is 2. The van der Waals surface area contributed by atoms with E-state index in [0.717, 1.165) is 54.1 Å². The van der Waals surface area contributed by atoms with Gasteiger partial charge in [0.1, 0.15) is 23.6 Å². The van der Waals surface area contributed by atoms with Crippen LogP contribution in [0, 0.1) is 19.3 Å². The summed E-state index contributed by atoms with van der Waals surface area (Å²) in [4.78, 5) is 13.1. The molecule has 0 bridgehead atoms. The molecular weight excluding hydrogens is 395 g/mol. The summed E-state index contributed by atoms with van der Waals surface area (Å²) in [6.07, 6.45) is 1.57. The molecule has 7 nitrogen and oxygen atoms in total. The molecular formula is C23H31FN6O. The summed E-state index contributed by atoms with van der Waals surface area (Å²) in [6.45, 7) is 6.45. The fraction of sp³-hybridized carbons (Fsp3) is 0.522. The second-order valence-electron chi connectivity index (χ2n) is 8.79. The normalized spacial score (nSPS) is 24.4. The summed E-state index contributed by atoms with van der Waals surface area (Å²) < 4.78 is 14.9. The highest BCUT2D eigenvalue weighted by Gasteiger charge is 2.30. The van der Waals surface area contributed by atoms with Crippen molar-refractivity contribution in [3.8, 4) is 0 Å². The zero-order valence-electron chi connectivity index (χ0n) is 18.4. The van der Waals surface area contributed by atoms with Crippen LogP contribution in [-0.4, -0.2) is 71.7 Å². The second-order valence-corrected chi connectivity index (χ2v) is 8.79. The van der Waals surface area contributed by atoms with E-state index in [1.54, 1.807) is 0 Å². The van der Waals surface area contributed by atoms with E-state index in [1.165, 1.54) is 6.21 Å². The van der Waals surface area contributed by atoms with Crippen molar-refractivity contribution in [3.63, 3.8) is 0 Å². The predicted molar refractivity (Wildman–Crippen MR) is 122 cm³/mol. The number of aliphatic hydroxyl groups is 1. The SMILES string of the molecule is Cc1nc(Nc2cc(C3CCN(C)CC3F)c(C)cc2C=N)cc(N2CC[C@@H](O)C2)n1. The lowest BCUT2D eigenvalue weighted by Gasteiger charge is -2.33. The van der Waals surface area contributed by atoms with E-state index in [4.69, 9.17) is 5.41 Å². The minimum atomic E-state index is -0.911. The first-order valence-electron chi connectivity index (χ1n) is 10.9. The lowest BCUT2D eigenvalue weighted by molar-refractivity contribution is 0.139. The quantitative estimate of drug-likeness (QED) is 0.637. The maximum Gasteiger partial charge on any atom is 0.136 e. The molecule has 166 valence electrons. The minimum Gasteiger partial charge on any atom is -0.391 e. The molecule has 0 aliphatic carbocycles. The van der Waals surface area contributed by atoms with Gasteiger partial charge in [0, 0.05) is 49.1 Å². The van der Waals surface area contributed by atoms with E-state index >= 15 is 0 Å². The van der Waals surface area contributed by atoms with Crippen LogP contribution in [0.3, 0.4) is 0 Å². The molecule has 2 aliphatic rings. The van der Waals surface area contributed by atoms with Crippen LogP contribution in [-0.2, 0) is 0 Å². The van der Waals surface area contributed by atoms with Crippen LogP contribution in [0.25, 0.3) is 0 Å². The molecule has 3 atom stereocenters. The minimum absolute atomic E-state index is 0.148. The van der Waals surface area contributed by atoms with Gasteiger partial charge in [0.05, 0.1) is 6.10 Å². The third-order valence-corrected chi connectivity index (χ3v) is 6.31. The van der Waals surface area contributed by atoms with Crippen molar-refractivity contribution in [2.24, 2.45) is 0 Å². The number of piperidine rings is 1. The van der Waals surface area contributed by atoms with Crippen LogP contribution in [0.4, 0.5) is 21.7 Å². The molecule has 1 aromatic heterocycles. The third-order valence-electron chi connectivity index (χ3n) is 6.31. The van der Waals surface area contributed by atoms with Crippen LogP contribution in [0.5, 0.6) is 0 Å². The van der Waals surface area contributed by atoms with E-state index in [9.17, 15) is 9.50 Å². The van der Waals surface area contributed by atoms with E-state index in [1.807, 2.05) is 44.0 Å². The van der Waals surface area contributed by atoms with E-state index in [2.05, 4.69) is 20.2 Å². The van der Waals surface area contributed by atoms with Crippen LogP contribution in [0.1, 0.15) is 41.3 Å². The van der Waals surface area contributed by atoms with Gasteiger partial charge in [0.25, 0.3) is 0 Å². The van der Waals surface area contributed by atoms with Gasteiger partial charge in [-0.2, -0.15) is 0 Å². The van der Waals surface area contributed by atoms with Crippen LogP contribution < -0.4 is 10.2 Å². The van der Waals surface area contributed by atoms with E-state index in [0.29, 0.717) is 24.7 Å². The zero-order chi connectivity index (χ0) is 22.1. The summed E-state index contributed by atoms with van der Waals surface area (Å²) in [5.74, 6) is 1.88. The van der Waals surface area contributed by atoms with Crippen molar-refractivity contribution < 1.29 is 9.50 Å². The first-order chi connectivity index (χ1) is 14.8. The summed E-state index contributed by atoms with van der Waals surface area (Å²) >= 11 is 0. The lowest BCUT2D eigenvalue weighted by Crippen LogP contribution is -2.38. The van der Waals surface area contributed by atoms with Crippen molar-refractivity contribution in [1.29, 1.82) is 5.41 Å². The maximum absolute atomic E-state index is 14.9. The number of benzene rings is 1. The largest absolute Gasteiger partial charge is 0.391 e. The van der Waals surface area contributed by atoms with E-state index in [-0.39, 0.29) is 12.0 Å². The second kappa shape index (κ2) is 8.88. The first-order valence-corrected chi connectivity index (χ1v) is 10.9. The lowest BCUT2D eigenvalue weighted by atomic mass is 9.84. The average Bonchev–Trinajstić information content (AvgIpc) is 3.15. The van der Waals surface area contributed by atoms with Crippen LogP contribution in [0.15, 0.2) is 18.2 Å². The maximum atomic E-state index is 14.9. The van der Waals surface area contributed by atoms with Crippen molar-refractivity contribution in [3.05, 3.63) is 40.7 Å². The number of β-amino-alcohol motifs (C(OH)–C–C–N with tert-alkyl or cyclic N) is 1. The van der Waals surface area contributed by atoms with Crippen molar-refractivity contribution in [2.45, 2.75) is 44.9 Å². The molecule has 3 N–H and O–H groups in total. The van der Waals surface area contributed by atoms with Crippen molar-refractivity contribution >= 4 is 23.5 Å². The van der Waals surface area contributed by atoms with Gasteiger partial charge in [-0.3, -0.25) is 0 Å². The van der Waals surface area contributed by atoms with Gasteiger partial charge in [-0.15, -0.1) is 0 Å². The number of rotatable bonds is 5. The first kappa shape index (κ1) is 21.6. The average molecular weight is 427 g/mol. The molecule has 1 aromatic carbocycles. The highest BCUT2D eigenvalue weighted by molar-refractivity contribution is 5.88. The molecule has 31 heavy (non-hydrogen) atoms. The molecule has 2 fully saturated rings. The smallest absolute Gasteiger partial charge is 0.136 e. The van der Waals surface area contributed by atoms with Gasteiger partial charge >= 0.3 is 0 Å². The zero-order valence-corrected chi connectivity index (χ0v) is 18.4. The monoisotopic (exact) mass is 426 g/mol. The molecule has 2 aromatic rings. The number of aryl methyl sites for hydroxylation is 2. The van der Waals surface area contributed by atoms with Crippen molar-refractivity contribution in [1.82, 2.24) is 14.9 Å². The van der Waals surface area contributed by atoms with Gasteiger partial charge in [-0.05, 0) is 63.5 Å². The molecule has 0 radical (unpaired) electrons. The van der Waals surface area contributed by atoms with Gasteiger partial charge in [-0.25, -0.2) is 14.4 Å². The van der Waals surface area contributed by atoms with Crippen LogP contribution in [0.2, 0.25) is 0 Å². The Balaban J connectivity index is 1.65. The molecule has 0 amide bonds. The number of likely N-dealkylation sites (tertiary alicyclic amines) is 1. The Bertz CT molecular complexity index is 967. The number of aromatic nitrogens is 2. The third kappa shape index (κ3) is 4.70. The predicted octanol–water partition coefficient (Wildman–Crippen LogP) is 3.16. The summed E-state index contributed by atoms with van der Waals surface area (Å²) in [7, 11) is 1.95. The molecule has 4 rings (SSSR count). The van der Waals surface area contributed by atoms with Gasteiger partial charge in [-0.1, -0.05) is 0 Å². The number of hydrogen-bond acceptors (Lipinski definition) is 7. The Hall–Kier alpha value is -2.58. The fourth-order valence-electron chi connectivity index (χ4n) is 4.65. The highest BCUT2D eigenvalue weighted by Crippen LogP contribution is 2.35. The molecule has 2 aliphatic heterocycles. The standard InChI is InChI=1S/C23H31FN6O/c1-14-8-16(11-25)21(9-19(14)18-5-6-29(3)13-20(18)24)28-22-10-23(27-15(2)26-22)30-7-4-17(31)12-30/h8-11,17-18,20,25,31H,4-7,12-13H2,1-3H3,(H,26,27,28)/t17-,18?,20?/m1/s1. The summed E-state index contributed by atoms with van der Waals surface area (Å²) in [5.41, 5.74) is 3.47. The number of alkyl halides is 1. The Morgan fingerprint density at radius 1 is 1.16 bits per heavy atom. The molecule has 8 heteroatoms. The summed E-state index contributed by atoms with van der Waals surface area (Å²) in [5, 5.41) is 21.1. The number of nitrogens with zero attached hydrogens (tertiary/aromatic N) is 4. The highest BCUT2D eigenvalue weighted by atomic mass is 19.1. The fourth-order valence-corrected chi connectivity index (χ4v) is 4.65.